The lowest BCUT2D eigenvalue weighted by molar-refractivity contribution is 0.288. The number of aryl methyl sites for hydroxylation is 3. The summed E-state index contributed by atoms with van der Waals surface area (Å²) in [4.78, 5) is 0. The lowest BCUT2D eigenvalue weighted by atomic mass is 10.1. The van der Waals surface area contributed by atoms with Crippen LogP contribution < -0.4 is 4.74 Å². The first-order valence-electron chi connectivity index (χ1n) is 8.00. The van der Waals surface area contributed by atoms with Crippen LogP contribution in [0.3, 0.4) is 0 Å². The summed E-state index contributed by atoms with van der Waals surface area (Å²) in [5.74, 6) is 1.45. The third-order valence-corrected chi connectivity index (χ3v) is 4.07. The van der Waals surface area contributed by atoms with E-state index in [4.69, 9.17) is 17.0 Å². The first-order valence-corrected chi connectivity index (χ1v) is 8.41. The summed E-state index contributed by atoms with van der Waals surface area (Å²) >= 11 is 5.26. The fourth-order valence-electron chi connectivity index (χ4n) is 2.42. The Balaban J connectivity index is 1.77. The zero-order valence-electron chi connectivity index (χ0n) is 14.5. The summed E-state index contributed by atoms with van der Waals surface area (Å²) in [5.41, 5.74) is 4.49. The quantitative estimate of drug-likeness (QED) is 0.549. The van der Waals surface area contributed by atoms with Crippen molar-refractivity contribution in [2.75, 3.05) is 0 Å². The van der Waals surface area contributed by atoms with Crippen molar-refractivity contribution in [2.45, 2.75) is 27.4 Å². The summed E-state index contributed by atoms with van der Waals surface area (Å²) in [6.07, 6.45) is 1.76. The van der Waals surface area contributed by atoms with Gasteiger partial charge in [-0.15, -0.1) is 0 Å². The molecular weight excluding hydrogens is 332 g/mol. The van der Waals surface area contributed by atoms with E-state index in [2.05, 4.69) is 35.2 Å². The van der Waals surface area contributed by atoms with E-state index in [9.17, 15) is 0 Å². The van der Waals surface area contributed by atoms with Crippen molar-refractivity contribution >= 4 is 18.4 Å². The van der Waals surface area contributed by atoms with E-state index >= 15 is 0 Å². The largest absolute Gasteiger partial charge is 0.485 e. The molecule has 0 bridgehead atoms. The molecule has 0 amide bonds. The molecule has 0 spiro atoms. The SMILES string of the molecule is Cc1ccc(/C=N\n2c(COc3ccc(C)cc3C)n[nH]c2=S)cc1. The van der Waals surface area contributed by atoms with Crippen molar-refractivity contribution in [3.05, 3.63) is 75.3 Å². The summed E-state index contributed by atoms with van der Waals surface area (Å²) in [6, 6.07) is 14.2. The van der Waals surface area contributed by atoms with E-state index in [0.717, 1.165) is 16.9 Å². The van der Waals surface area contributed by atoms with Crippen molar-refractivity contribution in [1.82, 2.24) is 14.9 Å². The third-order valence-electron chi connectivity index (χ3n) is 3.80. The lowest BCUT2D eigenvalue weighted by Crippen LogP contribution is -2.05. The fraction of sp³-hybridized carbons (Fsp3) is 0.211. The number of hydrogen-bond donors (Lipinski definition) is 1. The van der Waals surface area contributed by atoms with Crippen LogP contribution in [0.15, 0.2) is 47.6 Å². The number of nitrogens with one attached hydrogen (secondary N) is 1. The minimum atomic E-state index is 0.280. The smallest absolute Gasteiger partial charge is 0.216 e. The van der Waals surface area contributed by atoms with Crippen LogP contribution in [-0.2, 0) is 6.61 Å². The van der Waals surface area contributed by atoms with Gasteiger partial charge in [-0.25, -0.2) is 5.10 Å². The molecule has 1 heterocycles. The molecule has 3 rings (SSSR count). The Morgan fingerprint density at radius 1 is 1.12 bits per heavy atom. The van der Waals surface area contributed by atoms with Crippen molar-refractivity contribution in [3.8, 4) is 5.75 Å². The van der Waals surface area contributed by atoms with Gasteiger partial charge in [0.1, 0.15) is 12.4 Å². The van der Waals surface area contributed by atoms with Crippen molar-refractivity contribution in [1.29, 1.82) is 0 Å². The van der Waals surface area contributed by atoms with Gasteiger partial charge in [0.15, 0.2) is 5.82 Å². The van der Waals surface area contributed by atoms with Gasteiger partial charge in [0, 0.05) is 0 Å². The van der Waals surface area contributed by atoms with Gasteiger partial charge in [0.05, 0.1) is 6.21 Å². The van der Waals surface area contributed by atoms with Crippen molar-refractivity contribution in [2.24, 2.45) is 5.10 Å². The lowest BCUT2D eigenvalue weighted by Gasteiger charge is -2.09. The van der Waals surface area contributed by atoms with Gasteiger partial charge < -0.3 is 4.74 Å². The summed E-state index contributed by atoms with van der Waals surface area (Å²) in [6.45, 7) is 6.41. The Kier molecular flexibility index (Phi) is 5.09. The molecule has 0 aliphatic rings. The van der Waals surface area contributed by atoms with Crippen LogP contribution >= 0.6 is 12.2 Å². The topological polar surface area (TPSA) is 55.2 Å². The number of nitrogens with zero attached hydrogens (tertiary/aromatic N) is 3. The van der Waals surface area contributed by atoms with Gasteiger partial charge in [-0.3, -0.25) is 0 Å². The molecule has 0 saturated heterocycles. The number of benzene rings is 2. The molecule has 2 aromatic carbocycles. The molecule has 0 saturated carbocycles. The third kappa shape index (κ3) is 4.22. The molecule has 0 aliphatic carbocycles. The van der Waals surface area contributed by atoms with Crippen LogP contribution in [0.2, 0.25) is 0 Å². The Bertz CT molecular complexity index is 954. The van der Waals surface area contributed by atoms with Crippen LogP contribution in [-0.4, -0.2) is 21.1 Å². The molecule has 25 heavy (non-hydrogen) atoms. The summed E-state index contributed by atoms with van der Waals surface area (Å²) in [5, 5.41) is 11.4. The average molecular weight is 352 g/mol. The van der Waals surface area contributed by atoms with E-state index in [1.54, 1.807) is 10.9 Å². The molecule has 0 unspecified atom stereocenters. The average Bonchev–Trinajstić information content (AvgIpc) is 2.94. The Labute approximate surface area is 152 Å². The molecule has 0 aliphatic heterocycles. The minimum Gasteiger partial charge on any atom is -0.485 e. The fourth-order valence-corrected chi connectivity index (χ4v) is 2.62. The Morgan fingerprint density at radius 2 is 1.84 bits per heavy atom. The molecular formula is C19H20N4OS. The van der Waals surface area contributed by atoms with Gasteiger partial charge in [-0.05, 0) is 50.2 Å². The normalized spacial score (nSPS) is 11.2. The predicted octanol–water partition coefficient (Wildman–Crippen LogP) is 4.33. The highest BCUT2D eigenvalue weighted by Gasteiger charge is 2.07. The molecule has 0 radical (unpaired) electrons. The van der Waals surface area contributed by atoms with E-state index in [1.807, 2.05) is 43.3 Å². The first-order chi connectivity index (χ1) is 12.0. The zero-order chi connectivity index (χ0) is 17.8. The maximum Gasteiger partial charge on any atom is 0.216 e. The number of aromatic amines is 1. The molecule has 1 aromatic heterocycles. The predicted molar refractivity (Wildman–Crippen MR) is 102 cm³/mol. The highest BCUT2D eigenvalue weighted by atomic mass is 32.1. The van der Waals surface area contributed by atoms with E-state index in [0.29, 0.717) is 10.6 Å². The molecule has 5 nitrogen and oxygen atoms in total. The monoisotopic (exact) mass is 352 g/mol. The van der Waals surface area contributed by atoms with E-state index in [1.165, 1.54) is 11.1 Å². The molecule has 0 atom stereocenters. The zero-order valence-corrected chi connectivity index (χ0v) is 15.3. The van der Waals surface area contributed by atoms with Crippen LogP contribution in [0.4, 0.5) is 0 Å². The molecule has 128 valence electrons. The molecule has 6 heteroatoms. The summed E-state index contributed by atoms with van der Waals surface area (Å²) < 4.78 is 7.89. The van der Waals surface area contributed by atoms with Crippen LogP contribution in [0.1, 0.15) is 28.1 Å². The molecule has 3 aromatic rings. The second-order valence-electron chi connectivity index (χ2n) is 5.97. The number of aromatic nitrogens is 3. The van der Waals surface area contributed by atoms with Crippen LogP contribution in [0.5, 0.6) is 5.75 Å². The van der Waals surface area contributed by atoms with Crippen molar-refractivity contribution < 1.29 is 4.74 Å². The highest BCUT2D eigenvalue weighted by Crippen LogP contribution is 2.19. The Hall–Kier alpha value is -2.73. The molecule has 0 fully saturated rings. The van der Waals surface area contributed by atoms with E-state index in [-0.39, 0.29) is 6.61 Å². The second kappa shape index (κ2) is 7.44. The van der Waals surface area contributed by atoms with Gasteiger partial charge in [-0.2, -0.15) is 14.9 Å². The first kappa shape index (κ1) is 17.1. The maximum atomic E-state index is 5.88. The van der Waals surface area contributed by atoms with Gasteiger partial charge in [0.2, 0.25) is 4.77 Å². The van der Waals surface area contributed by atoms with Gasteiger partial charge in [-0.1, -0.05) is 47.5 Å². The van der Waals surface area contributed by atoms with Crippen LogP contribution in [0, 0.1) is 25.5 Å². The van der Waals surface area contributed by atoms with Gasteiger partial charge >= 0.3 is 0 Å². The number of ether oxygens (including phenoxy) is 1. The van der Waals surface area contributed by atoms with Crippen molar-refractivity contribution in [3.63, 3.8) is 0 Å². The maximum absolute atomic E-state index is 5.88. The summed E-state index contributed by atoms with van der Waals surface area (Å²) in [7, 11) is 0. The standard InChI is InChI=1S/C19H20N4OS/c1-13-4-7-16(8-5-13)11-20-23-18(21-22-19(23)25)12-24-17-9-6-14(2)10-15(17)3/h4-11H,12H2,1-3H3,(H,22,25)/b20-11-. The molecule has 1 N–H and O–H groups in total. The minimum absolute atomic E-state index is 0.280. The number of rotatable bonds is 5. The van der Waals surface area contributed by atoms with Gasteiger partial charge in [0.25, 0.3) is 0 Å². The van der Waals surface area contributed by atoms with Crippen LogP contribution in [0.25, 0.3) is 0 Å². The number of hydrogen-bond acceptors (Lipinski definition) is 4. The number of H-pyrrole nitrogens is 1. The highest BCUT2D eigenvalue weighted by molar-refractivity contribution is 7.71. The van der Waals surface area contributed by atoms with E-state index < -0.39 is 0 Å². The second-order valence-corrected chi connectivity index (χ2v) is 6.36. The Morgan fingerprint density at radius 3 is 2.56 bits per heavy atom.